The smallest absolute Gasteiger partial charge is 0.345 e. The quantitative estimate of drug-likeness (QED) is 0.283. The number of thiophene rings is 3. The average molecular weight is 419 g/mol. The maximum atomic E-state index is 12.4. The van der Waals surface area contributed by atoms with Crippen LogP contribution in [0.15, 0.2) is 81.3 Å². The van der Waals surface area contributed by atoms with Crippen LogP contribution in [0.1, 0.15) is 9.75 Å². The summed E-state index contributed by atoms with van der Waals surface area (Å²) in [5, 5.41) is 3.03. The molecule has 4 aromatic heterocycles. The Hall–Kier alpha value is -2.73. The second kappa shape index (κ2) is 7.36. The van der Waals surface area contributed by atoms with Gasteiger partial charge in [-0.1, -0.05) is 24.3 Å². The van der Waals surface area contributed by atoms with Crippen LogP contribution in [0.3, 0.4) is 0 Å². The maximum Gasteiger partial charge on any atom is 0.345 e. The Morgan fingerprint density at radius 1 is 0.750 bits per heavy atom. The molecule has 0 N–H and O–H groups in total. The lowest BCUT2D eigenvalue weighted by atomic mass is 10.1. The Balaban J connectivity index is 1.42. The van der Waals surface area contributed by atoms with Crippen molar-refractivity contribution in [2.45, 2.75) is 0 Å². The molecule has 5 aromatic rings. The molecule has 0 aliphatic heterocycles. The molecular weight excluding hydrogens is 404 g/mol. The SMILES string of the molecule is O=c1oc2ccccc2cc1-c1ccc(C=Cc2ccc(-c3cccs3)s2)s1. The van der Waals surface area contributed by atoms with E-state index >= 15 is 0 Å². The van der Waals surface area contributed by atoms with Gasteiger partial charge in [-0.05, 0) is 60.0 Å². The molecule has 0 saturated heterocycles. The van der Waals surface area contributed by atoms with Crippen LogP contribution in [0.5, 0.6) is 0 Å². The fourth-order valence-electron chi connectivity index (χ4n) is 2.98. The zero-order valence-corrected chi connectivity index (χ0v) is 17.1. The van der Waals surface area contributed by atoms with Crippen LogP contribution < -0.4 is 5.63 Å². The highest BCUT2D eigenvalue weighted by Crippen LogP contribution is 2.33. The standard InChI is InChI=1S/C23H14O2S3/c24-23-18(14-15-4-1-2-5-19(15)25-23)20-11-9-16(27-20)7-8-17-10-12-22(28-17)21-6-3-13-26-21/h1-14H. The van der Waals surface area contributed by atoms with Gasteiger partial charge < -0.3 is 4.42 Å². The van der Waals surface area contributed by atoms with E-state index in [1.165, 1.54) is 14.6 Å². The Morgan fingerprint density at radius 2 is 1.50 bits per heavy atom. The Bertz CT molecular complexity index is 1330. The second-order valence-electron chi connectivity index (χ2n) is 6.20. The molecule has 0 aliphatic carbocycles. The minimum Gasteiger partial charge on any atom is -0.422 e. The predicted molar refractivity (Wildman–Crippen MR) is 122 cm³/mol. The van der Waals surface area contributed by atoms with Crippen molar-refractivity contribution in [2.75, 3.05) is 0 Å². The molecule has 4 heterocycles. The monoisotopic (exact) mass is 418 g/mol. The first-order valence-electron chi connectivity index (χ1n) is 8.71. The molecule has 28 heavy (non-hydrogen) atoms. The van der Waals surface area contributed by atoms with Gasteiger partial charge in [-0.15, -0.1) is 34.0 Å². The lowest BCUT2D eigenvalue weighted by Crippen LogP contribution is -2.01. The molecular formula is C23H14O2S3. The summed E-state index contributed by atoms with van der Waals surface area (Å²) in [5.41, 5.74) is 0.932. The van der Waals surface area contributed by atoms with Crippen molar-refractivity contribution in [3.63, 3.8) is 0 Å². The third-order valence-electron chi connectivity index (χ3n) is 4.34. The summed E-state index contributed by atoms with van der Waals surface area (Å²) in [4.78, 5) is 18.2. The van der Waals surface area contributed by atoms with Gasteiger partial charge in [-0.2, -0.15) is 0 Å². The maximum absolute atomic E-state index is 12.4. The van der Waals surface area contributed by atoms with Crippen molar-refractivity contribution in [1.82, 2.24) is 0 Å². The molecule has 0 bridgehead atoms. The number of fused-ring (bicyclic) bond motifs is 1. The van der Waals surface area contributed by atoms with Crippen molar-refractivity contribution in [3.05, 3.63) is 92.3 Å². The summed E-state index contributed by atoms with van der Waals surface area (Å²) < 4.78 is 5.46. The van der Waals surface area contributed by atoms with Crippen LogP contribution in [0.2, 0.25) is 0 Å². The second-order valence-corrected chi connectivity index (χ2v) is 9.38. The number of rotatable bonds is 4. The third-order valence-corrected chi connectivity index (χ3v) is 7.54. The lowest BCUT2D eigenvalue weighted by Gasteiger charge is -1.99. The van der Waals surface area contributed by atoms with E-state index in [9.17, 15) is 4.79 Å². The first-order valence-corrected chi connectivity index (χ1v) is 11.2. The van der Waals surface area contributed by atoms with Crippen molar-refractivity contribution in [3.8, 4) is 20.2 Å². The molecule has 5 rings (SSSR count). The van der Waals surface area contributed by atoms with Crippen LogP contribution in [0.25, 0.3) is 43.3 Å². The van der Waals surface area contributed by atoms with Crippen molar-refractivity contribution in [1.29, 1.82) is 0 Å². The van der Waals surface area contributed by atoms with E-state index in [1.54, 1.807) is 34.0 Å². The lowest BCUT2D eigenvalue weighted by molar-refractivity contribution is 0.564. The van der Waals surface area contributed by atoms with E-state index < -0.39 is 0 Å². The zero-order chi connectivity index (χ0) is 18.9. The molecule has 0 atom stereocenters. The molecule has 2 nitrogen and oxygen atoms in total. The summed E-state index contributed by atoms with van der Waals surface area (Å²) in [6.45, 7) is 0. The molecule has 0 fully saturated rings. The molecule has 0 saturated carbocycles. The third kappa shape index (κ3) is 3.40. The highest BCUT2D eigenvalue weighted by Gasteiger charge is 2.10. The number of para-hydroxylation sites is 1. The van der Waals surface area contributed by atoms with E-state index in [1.807, 2.05) is 42.5 Å². The van der Waals surface area contributed by atoms with Crippen molar-refractivity contribution in [2.24, 2.45) is 0 Å². The van der Waals surface area contributed by atoms with Gasteiger partial charge >= 0.3 is 5.63 Å². The van der Waals surface area contributed by atoms with Gasteiger partial charge in [0.15, 0.2) is 0 Å². The molecule has 1 aromatic carbocycles. The minimum atomic E-state index is -0.296. The summed E-state index contributed by atoms with van der Waals surface area (Å²) in [6, 6.07) is 22.0. The van der Waals surface area contributed by atoms with Gasteiger partial charge in [-0.25, -0.2) is 4.79 Å². The predicted octanol–water partition coefficient (Wildman–Crippen LogP) is 7.48. The van der Waals surface area contributed by atoms with Gasteiger partial charge in [0.2, 0.25) is 0 Å². The van der Waals surface area contributed by atoms with Crippen LogP contribution in [0, 0.1) is 0 Å². The van der Waals surface area contributed by atoms with E-state index in [0.717, 1.165) is 15.1 Å². The molecule has 0 unspecified atom stereocenters. The van der Waals surface area contributed by atoms with E-state index in [-0.39, 0.29) is 5.63 Å². The van der Waals surface area contributed by atoms with Crippen LogP contribution >= 0.6 is 34.0 Å². The number of hydrogen-bond acceptors (Lipinski definition) is 5. The van der Waals surface area contributed by atoms with Crippen LogP contribution in [-0.4, -0.2) is 0 Å². The van der Waals surface area contributed by atoms with Gasteiger partial charge in [0.1, 0.15) is 5.58 Å². The molecule has 0 aliphatic rings. The largest absolute Gasteiger partial charge is 0.422 e. The Labute approximate surface area is 173 Å². The van der Waals surface area contributed by atoms with Gasteiger partial charge in [0.05, 0.1) is 5.56 Å². The van der Waals surface area contributed by atoms with Crippen molar-refractivity contribution >= 4 is 57.1 Å². The van der Waals surface area contributed by atoms with E-state index in [2.05, 4.69) is 41.8 Å². The Morgan fingerprint density at radius 3 is 2.29 bits per heavy atom. The van der Waals surface area contributed by atoms with Gasteiger partial charge in [0.25, 0.3) is 0 Å². The highest BCUT2D eigenvalue weighted by molar-refractivity contribution is 7.21. The molecule has 136 valence electrons. The minimum absolute atomic E-state index is 0.296. The highest BCUT2D eigenvalue weighted by atomic mass is 32.1. The first kappa shape index (κ1) is 17.4. The summed E-state index contributed by atoms with van der Waals surface area (Å²) in [7, 11) is 0. The van der Waals surface area contributed by atoms with Gasteiger partial charge in [-0.3, -0.25) is 0 Å². The summed E-state index contributed by atoms with van der Waals surface area (Å²) >= 11 is 5.13. The number of hydrogen-bond donors (Lipinski definition) is 0. The number of benzene rings is 1. The summed E-state index contributed by atoms with van der Waals surface area (Å²) in [5.74, 6) is 0. The molecule has 5 heteroatoms. The zero-order valence-electron chi connectivity index (χ0n) is 14.6. The van der Waals surface area contributed by atoms with Crippen LogP contribution in [-0.2, 0) is 0 Å². The van der Waals surface area contributed by atoms with Gasteiger partial charge in [0, 0.05) is 29.8 Å². The van der Waals surface area contributed by atoms with E-state index in [4.69, 9.17) is 4.42 Å². The van der Waals surface area contributed by atoms with Crippen LogP contribution in [0.4, 0.5) is 0 Å². The fraction of sp³-hybridized carbons (Fsp3) is 0. The summed E-state index contributed by atoms with van der Waals surface area (Å²) in [6.07, 6.45) is 4.22. The normalized spacial score (nSPS) is 11.6. The molecule has 0 amide bonds. The van der Waals surface area contributed by atoms with Crippen molar-refractivity contribution < 1.29 is 4.42 Å². The first-order chi connectivity index (χ1) is 13.8. The van der Waals surface area contributed by atoms with E-state index in [0.29, 0.717) is 11.1 Å². The molecule has 0 spiro atoms. The average Bonchev–Trinajstić information content (AvgIpc) is 3.47. The Kier molecular flexibility index (Phi) is 4.56. The topological polar surface area (TPSA) is 30.2 Å². The molecule has 0 radical (unpaired) electrons. The fourth-order valence-corrected chi connectivity index (χ4v) is 5.64.